The highest BCUT2D eigenvalue weighted by Gasteiger charge is 2.16. The van der Waals surface area contributed by atoms with Crippen LogP contribution in [0.3, 0.4) is 0 Å². The van der Waals surface area contributed by atoms with Crippen LogP contribution in [0.15, 0.2) is 40.8 Å². The molecule has 0 fully saturated rings. The Bertz CT molecular complexity index is 1140. The molecule has 144 valence electrons. The quantitative estimate of drug-likeness (QED) is 0.566. The molecule has 1 aromatic carbocycles. The number of para-hydroxylation sites is 1. The number of hydrogen-bond donors (Lipinski definition) is 1. The number of carbonyl (C=O) groups excluding carboxylic acids is 1. The number of nitrogens with zero attached hydrogens (tertiary/aromatic N) is 3. The molecule has 0 saturated carbocycles. The highest BCUT2D eigenvalue weighted by Crippen LogP contribution is 2.24. The third kappa shape index (κ3) is 3.38. The Morgan fingerprint density at radius 3 is 2.79 bits per heavy atom. The lowest BCUT2D eigenvalue weighted by atomic mass is 10.1. The summed E-state index contributed by atoms with van der Waals surface area (Å²) in [6.45, 7) is 7.90. The number of aromatic nitrogens is 3. The monoisotopic (exact) mass is 376 g/mol. The molecule has 28 heavy (non-hydrogen) atoms. The normalized spacial score (nSPS) is 12.6. The Morgan fingerprint density at radius 2 is 2.00 bits per heavy atom. The van der Waals surface area contributed by atoms with Crippen molar-refractivity contribution >= 4 is 22.5 Å². The van der Waals surface area contributed by atoms with Crippen LogP contribution in [-0.2, 0) is 11.2 Å². The van der Waals surface area contributed by atoms with Gasteiger partial charge in [-0.25, -0.2) is 9.50 Å². The van der Waals surface area contributed by atoms with Crippen molar-refractivity contribution in [1.29, 1.82) is 0 Å². The van der Waals surface area contributed by atoms with Crippen LogP contribution in [0.2, 0.25) is 0 Å². The standard InChI is InChI=1S/C22H24N4O2/c1-13-11-21-23-14(2)18(16(4)26(21)25-13)9-10-22(27)24-15(3)20-12-17-7-5-6-8-19(17)28-20/h5-8,11-12,15H,9-10H2,1-4H3,(H,24,27). The van der Waals surface area contributed by atoms with E-state index in [1.165, 1.54) is 0 Å². The SMILES string of the molecule is Cc1cc2nc(C)c(CCC(=O)NC(C)c3cc4ccccc4o3)c(C)n2n1. The van der Waals surface area contributed by atoms with Gasteiger partial charge < -0.3 is 9.73 Å². The van der Waals surface area contributed by atoms with Gasteiger partial charge in [-0.1, -0.05) is 18.2 Å². The van der Waals surface area contributed by atoms with E-state index in [0.717, 1.165) is 45.0 Å². The Morgan fingerprint density at radius 1 is 1.21 bits per heavy atom. The topological polar surface area (TPSA) is 72.4 Å². The molecule has 3 heterocycles. The van der Waals surface area contributed by atoms with E-state index >= 15 is 0 Å². The number of benzene rings is 1. The third-order valence-corrected chi connectivity index (χ3v) is 5.14. The van der Waals surface area contributed by atoms with Crippen LogP contribution < -0.4 is 5.32 Å². The van der Waals surface area contributed by atoms with E-state index in [-0.39, 0.29) is 11.9 Å². The van der Waals surface area contributed by atoms with Crippen LogP contribution in [0.25, 0.3) is 16.6 Å². The predicted octanol–water partition coefficient (Wildman–Crippen LogP) is 4.21. The van der Waals surface area contributed by atoms with E-state index in [9.17, 15) is 4.79 Å². The van der Waals surface area contributed by atoms with Crippen LogP contribution in [-0.4, -0.2) is 20.5 Å². The van der Waals surface area contributed by atoms with Gasteiger partial charge in [0.05, 0.1) is 11.7 Å². The van der Waals surface area contributed by atoms with Crippen molar-refractivity contribution in [2.75, 3.05) is 0 Å². The molecule has 0 radical (unpaired) electrons. The molecule has 1 atom stereocenters. The van der Waals surface area contributed by atoms with Crippen LogP contribution in [0.1, 0.15) is 47.8 Å². The fraction of sp³-hybridized carbons (Fsp3) is 0.318. The molecule has 1 amide bonds. The maximum absolute atomic E-state index is 12.5. The maximum atomic E-state index is 12.5. The summed E-state index contributed by atoms with van der Waals surface area (Å²) >= 11 is 0. The summed E-state index contributed by atoms with van der Waals surface area (Å²) in [6, 6.07) is 11.6. The molecule has 0 aliphatic rings. The Kier molecular flexibility index (Phi) is 4.63. The van der Waals surface area contributed by atoms with Gasteiger partial charge >= 0.3 is 0 Å². The maximum Gasteiger partial charge on any atom is 0.220 e. The van der Waals surface area contributed by atoms with Crippen LogP contribution in [0.5, 0.6) is 0 Å². The van der Waals surface area contributed by atoms with E-state index in [4.69, 9.17) is 4.42 Å². The average Bonchev–Trinajstić information content (AvgIpc) is 3.24. The summed E-state index contributed by atoms with van der Waals surface area (Å²) in [6.07, 6.45) is 1.01. The number of aryl methyl sites for hydroxylation is 3. The summed E-state index contributed by atoms with van der Waals surface area (Å²) in [5, 5.41) is 8.56. The van der Waals surface area contributed by atoms with E-state index in [2.05, 4.69) is 15.4 Å². The number of fused-ring (bicyclic) bond motifs is 2. The first kappa shape index (κ1) is 18.2. The first-order valence-corrected chi connectivity index (χ1v) is 9.52. The second kappa shape index (κ2) is 7.11. The summed E-state index contributed by atoms with van der Waals surface area (Å²) in [7, 11) is 0. The van der Waals surface area contributed by atoms with Gasteiger partial charge in [0, 0.05) is 29.3 Å². The Hall–Kier alpha value is -3.15. The van der Waals surface area contributed by atoms with Crippen LogP contribution in [0.4, 0.5) is 0 Å². The van der Waals surface area contributed by atoms with Crippen molar-refractivity contribution in [2.24, 2.45) is 0 Å². The molecule has 1 N–H and O–H groups in total. The molecular formula is C22H24N4O2. The van der Waals surface area contributed by atoms with Gasteiger partial charge in [-0.05, 0) is 51.8 Å². The van der Waals surface area contributed by atoms with E-state index in [1.54, 1.807) is 0 Å². The van der Waals surface area contributed by atoms with Crippen molar-refractivity contribution < 1.29 is 9.21 Å². The number of carbonyl (C=O) groups is 1. The molecular weight excluding hydrogens is 352 g/mol. The molecule has 6 heteroatoms. The number of nitrogens with one attached hydrogen (secondary N) is 1. The first-order valence-electron chi connectivity index (χ1n) is 9.52. The smallest absolute Gasteiger partial charge is 0.220 e. The minimum Gasteiger partial charge on any atom is -0.459 e. The molecule has 0 spiro atoms. The van der Waals surface area contributed by atoms with Gasteiger partial charge in [0.25, 0.3) is 0 Å². The number of hydrogen-bond acceptors (Lipinski definition) is 4. The van der Waals surface area contributed by atoms with Crippen LogP contribution >= 0.6 is 0 Å². The molecule has 4 aromatic rings. The van der Waals surface area contributed by atoms with Gasteiger partial charge in [-0.15, -0.1) is 0 Å². The summed E-state index contributed by atoms with van der Waals surface area (Å²) in [4.78, 5) is 17.1. The molecule has 1 unspecified atom stereocenters. The van der Waals surface area contributed by atoms with Crippen molar-refractivity contribution in [1.82, 2.24) is 19.9 Å². The minimum absolute atomic E-state index is 0.0106. The third-order valence-electron chi connectivity index (χ3n) is 5.14. The second-order valence-corrected chi connectivity index (χ2v) is 7.29. The molecule has 0 aliphatic carbocycles. The predicted molar refractivity (Wildman–Crippen MR) is 108 cm³/mol. The fourth-order valence-corrected chi connectivity index (χ4v) is 3.64. The van der Waals surface area contributed by atoms with Gasteiger partial charge in [0.1, 0.15) is 11.3 Å². The average molecular weight is 376 g/mol. The number of amides is 1. The lowest BCUT2D eigenvalue weighted by molar-refractivity contribution is -0.121. The minimum atomic E-state index is -0.184. The van der Waals surface area contributed by atoms with Gasteiger partial charge in [0.2, 0.25) is 5.91 Å². The first-order chi connectivity index (χ1) is 13.4. The van der Waals surface area contributed by atoms with Gasteiger partial charge in [0.15, 0.2) is 5.65 Å². The largest absolute Gasteiger partial charge is 0.459 e. The molecule has 0 aliphatic heterocycles. The van der Waals surface area contributed by atoms with Crippen LogP contribution in [0, 0.1) is 20.8 Å². The van der Waals surface area contributed by atoms with Gasteiger partial charge in [-0.2, -0.15) is 5.10 Å². The van der Waals surface area contributed by atoms with E-state index in [0.29, 0.717) is 12.8 Å². The fourth-order valence-electron chi connectivity index (χ4n) is 3.64. The molecule has 6 nitrogen and oxygen atoms in total. The van der Waals surface area contributed by atoms with E-state index in [1.807, 2.05) is 68.6 Å². The zero-order chi connectivity index (χ0) is 19.8. The van der Waals surface area contributed by atoms with Crippen molar-refractivity contribution in [3.05, 3.63) is 64.8 Å². The van der Waals surface area contributed by atoms with Crippen molar-refractivity contribution in [3.8, 4) is 0 Å². The highest BCUT2D eigenvalue weighted by atomic mass is 16.3. The van der Waals surface area contributed by atoms with E-state index < -0.39 is 0 Å². The lowest BCUT2D eigenvalue weighted by Crippen LogP contribution is -2.26. The molecule has 0 bridgehead atoms. The van der Waals surface area contributed by atoms with Crippen molar-refractivity contribution in [2.45, 2.75) is 46.6 Å². The lowest BCUT2D eigenvalue weighted by Gasteiger charge is -2.13. The summed E-state index contributed by atoms with van der Waals surface area (Å²) in [5.74, 6) is 0.750. The second-order valence-electron chi connectivity index (χ2n) is 7.29. The Balaban J connectivity index is 1.45. The summed E-state index contributed by atoms with van der Waals surface area (Å²) < 4.78 is 7.70. The molecule has 3 aromatic heterocycles. The highest BCUT2D eigenvalue weighted by molar-refractivity contribution is 5.79. The number of furan rings is 1. The number of rotatable bonds is 5. The summed E-state index contributed by atoms with van der Waals surface area (Å²) in [5.41, 5.74) is 5.67. The zero-order valence-corrected chi connectivity index (χ0v) is 16.6. The van der Waals surface area contributed by atoms with Crippen molar-refractivity contribution in [3.63, 3.8) is 0 Å². The zero-order valence-electron chi connectivity index (χ0n) is 16.6. The molecule has 4 rings (SSSR count). The van der Waals surface area contributed by atoms with Gasteiger partial charge in [-0.3, -0.25) is 4.79 Å². The molecule has 0 saturated heterocycles. The Labute approximate surface area is 163 Å².